The maximum absolute atomic E-state index is 11.2. The molecule has 0 heterocycles. The van der Waals surface area contributed by atoms with E-state index < -0.39 is 0 Å². The summed E-state index contributed by atoms with van der Waals surface area (Å²) < 4.78 is 0. The molecule has 0 spiro atoms. The van der Waals surface area contributed by atoms with E-state index in [0.717, 1.165) is 5.56 Å². The lowest BCUT2D eigenvalue weighted by Gasteiger charge is -1.99. The van der Waals surface area contributed by atoms with Crippen LogP contribution in [0.3, 0.4) is 0 Å². The molecule has 0 atom stereocenters. The highest BCUT2D eigenvalue weighted by Gasteiger charge is 2.03. The maximum atomic E-state index is 11.2. The van der Waals surface area contributed by atoms with Crippen LogP contribution in [0.25, 0.3) is 0 Å². The first-order valence-electron chi connectivity index (χ1n) is 3.95. The Labute approximate surface area is 71.8 Å². The molecule has 0 saturated carbocycles. The second kappa shape index (κ2) is 4.02. The average Bonchev–Trinajstić information content (AvgIpc) is 2.05. The zero-order valence-corrected chi connectivity index (χ0v) is 7.08. The van der Waals surface area contributed by atoms with Gasteiger partial charge in [0.2, 0.25) is 0 Å². The van der Waals surface area contributed by atoms with Crippen molar-refractivity contribution in [3.63, 3.8) is 0 Å². The topological polar surface area (TPSA) is 37.3 Å². The molecule has 1 aromatic carbocycles. The molecular weight excluding hydrogens is 152 g/mol. The molecule has 0 aliphatic carbocycles. The monoisotopic (exact) mass is 164 g/mol. The lowest BCUT2D eigenvalue weighted by atomic mass is 10.1. The standard InChI is InChI=1S/C10H12O2/c1-8-3-2-4-9(7-8)10(12)5-6-11/h2-4,7,11H,5-6H2,1H3. The summed E-state index contributed by atoms with van der Waals surface area (Å²) in [6, 6.07) is 7.39. The predicted octanol–water partition coefficient (Wildman–Crippen LogP) is 1.56. The molecule has 1 aromatic rings. The Morgan fingerprint density at radius 2 is 2.25 bits per heavy atom. The third-order valence-corrected chi connectivity index (χ3v) is 1.68. The van der Waals surface area contributed by atoms with Gasteiger partial charge in [0.25, 0.3) is 0 Å². The van der Waals surface area contributed by atoms with Gasteiger partial charge in [0.15, 0.2) is 5.78 Å². The van der Waals surface area contributed by atoms with Crippen molar-refractivity contribution in [2.75, 3.05) is 6.61 Å². The van der Waals surface area contributed by atoms with E-state index in [4.69, 9.17) is 5.11 Å². The lowest BCUT2D eigenvalue weighted by molar-refractivity contribution is 0.0956. The van der Waals surface area contributed by atoms with Gasteiger partial charge in [0.05, 0.1) is 6.61 Å². The summed E-state index contributed by atoms with van der Waals surface area (Å²) in [5.41, 5.74) is 1.75. The third-order valence-electron chi connectivity index (χ3n) is 1.68. The Morgan fingerprint density at radius 1 is 1.50 bits per heavy atom. The van der Waals surface area contributed by atoms with Crippen molar-refractivity contribution < 1.29 is 9.90 Å². The van der Waals surface area contributed by atoms with Crippen molar-refractivity contribution >= 4 is 5.78 Å². The molecule has 0 saturated heterocycles. The zero-order valence-electron chi connectivity index (χ0n) is 7.08. The highest BCUT2D eigenvalue weighted by atomic mass is 16.3. The van der Waals surface area contributed by atoms with Crippen LogP contribution in [-0.4, -0.2) is 17.5 Å². The number of carbonyl (C=O) groups excluding carboxylic acids is 1. The van der Waals surface area contributed by atoms with Crippen LogP contribution in [0.4, 0.5) is 0 Å². The molecule has 0 aliphatic heterocycles. The van der Waals surface area contributed by atoms with E-state index in [9.17, 15) is 4.79 Å². The van der Waals surface area contributed by atoms with E-state index >= 15 is 0 Å². The second-order valence-electron chi connectivity index (χ2n) is 2.77. The fourth-order valence-electron chi connectivity index (χ4n) is 1.06. The summed E-state index contributed by atoms with van der Waals surface area (Å²) in [6.07, 6.45) is 0.212. The van der Waals surface area contributed by atoms with E-state index in [1.54, 1.807) is 6.07 Å². The number of Topliss-reactive ketones (excluding diaryl/α,β-unsaturated/α-hetero) is 1. The fraction of sp³-hybridized carbons (Fsp3) is 0.300. The van der Waals surface area contributed by atoms with Crippen molar-refractivity contribution in [2.45, 2.75) is 13.3 Å². The highest BCUT2D eigenvalue weighted by Crippen LogP contribution is 2.06. The van der Waals surface area contributed by atoms with Crippen LogP contribution in [0.5, 0.6) is 0 Å². The van der Waals surface area contributed by atoms with Gasteiger partial charge >= 0.3 is 0 Å². The number of hydrogen-bond acceptors (Lipinski definition) is 2. The van der Waals surface area contributed by atoms with Crippen LogP contribution in [0.1, 0.15) is 22.3 Å². The summed E-state index contributed by atoms with van der Waals surface area (Å²) in [4.78, 5) is 11.2. The Morgan fingerprint density at radius 3 is 2.83 bits per heavy atom. The molecule has 64 valence electrons. The van der Waals surface area contributed by atoms with Crippen LogP contribution in [0.15, 0.2) is 24.3 Å². The number of aliphatic hydroxyl groups is 1. The van der Waals surface area contributed by atoms with Gasteiger partial charge in [-0.15, -0.1) is 0 Å². The first kappa shape index (κ1) is 8.94. The van der Waals surface area contributed by atoms with E-state index in [0.29, 0.717) is 5.56 Å². The SMILES string of the molecule is Cc1cccc(C(=O)CCO)c1. The largest absolute Gasteiger partial charge is 0.396 e. The van der Waals surface area contributed by atoms with Crippen LogP contribution in [-0.2, 0) is 0 Å². The first-order valence-corrected chi connectivity index (χ1v) is 3.95. The van der Waals surface area contributed by atoms with Crippen LogP contribution < -0.4 is 0 Å². The van der Waals surface area contributed by atoms with Crippen molar-refractivity contribution in [3.05, 3.63) is 35.4 Å². The van der Waals surface area contributed by atoms with Gasteiger partial charge in [0.1, 0.15) is 0 Å². The molecule has 0 amide bonds. The summed E-state index contributed by atoms with van der Waals surface area (Å²) in [6.45, 7) is 1.86. The Hall–Kier alpha value is -1.15. The average molecular weight is 164 g/mol. The number of aryl methyl sites for hydroxylation is 1. The number of hydrogen-bond donors (Lipinski definition) is 1. The molecule has 0 aliphatic rings. The van der Waals surface area contributed by atoms with Crippen molar-refractivity contribution in [3.8, 4) is 0 Å². The first-order chi connectivity index (χ1) is 5.74. The van der Waals surface area contributed by atoms with Crippen molar-refractivity contribution in [2.24, 2.45) is 0 Å². The number of ketones is 1. The molecule has 0 bridgehead atoms. The van der Waals surface area contributed by atoms with Crippen LogP contribution in [0, 0.1) is 6.92 Å². The molecule has 0 unspecified atom stereocenters. The Bertz CT molecular complexity index is 279. The lowest BCUT2D eigenvalue weighted by Crippen LogP contribution is -2.01. The summed E-state index contributed by atoms with van der Waals surface area (Å²) in [7, 11) is 0. The number of aliphatic hydroxyl groups excluding tert-OH is 1. The van der Waals surface area contributed by atoms with Crippen molar-refractivity contribution in [1.82, 2.24) is 0 Å². The van der Waals surface area contributed by atoms with Gasteiger partial charge in [-0.05, 0) is 13.0 Å². The zero-order chi connectivity index (χ0) is 8.97. The minimum Gasteiger partial charge on any atom is -0.396 e. The van der Waals surface area contributed by atoms with Crippen LogP contribution >= 0.6 is 0 Å². The predicted molar refractivity (Wildman–Crippen MR) is 47.2 cm³/mol. The number of rotatable bonds is 3. The Balaban J connectivity index is 2.81. The van der Waals surface area contributed by atoms with E-state index in [2.05, 4.69) is 0 Å². The van der Waals surface area contributed by atoms with E-state index in [-0.39, 0.29) is 18.8 Å². The quantitative estimate of drug-likeness (QED) is 0.688. The molecule has 2 nitrogen and oxygen atoms in total. The van der Waals surface area contributed by atoms with Gasteiger partial charge in [0, 0.05) is 12.0 Å². The minimum absolute atomic E-state index is 0.00111. The molecule has 12 heavy (non-hydrogen) atoms. The summed E-state index contributed by atoms with van der Waals surface area (Å²) >= 11 is 0. The minimum atomic E-state index is -0.0766. The summed E-state index contributed by atoms with van der Waals surface area (Å²) in [5, 5.41) is 8.55. The highest BCUT2D eigenvalue weighted by molar-refractivity contribution is 5.96. The second-order valence-corrected chi connectivity index (χ2v) is 2.77. The molecular formula is C10H12O2. The number of benzene rings is 1. The Kier molecular flexibility index (Phi) is 3.00. The molecule has 2 heteroatoms. The fourth-order valence-corrected chi connectivity index (χ4v) is 1.06. The number of carbonyl (C=O) groups is 1. The van der Waals surface area contributed by atoms with Gasteiger partial charge in [-0.1, -0.05) is 23.8 Å². The summed E-state index contributed by atoms with van der Waals surface area (Å²) in [5.74, 6) is 0.00111. The molecule has 0 aromatic heterocycles. The smallest absolute Gasteiger partial charge is 0.165 e. The van der Waals surface area contributed by atoms with Gasteiger partial charge in [-0.3, -0.25) is 4.79 Å². The molecule has 1 N–H and O–H groups in total. The van der Waals surface area contributed by atoms with Crippen LogP contribution in [0.2, 0.25) is 0 Å². The maximum Gasteiger partial charge on any atom is 0.165 e. The third kappa shape index (κ3) is 2.17. The van der Waals surface area contributed by atoms with Gasteiger partial charge in [-0.25, -0.2) is 0 Å². The van der Waals surface area contributed by atoms with Gasteiger partial charge in [-0.2, -0.15) is 0 Å². The molecule has 0 radical (unpaired) electrons. The van der Waals surface area contributed by atoms with Crippen molar-refractivity contribution in [1.29, 1.82) is 0 Å². The molecule has 0 fully saturated rings. The normalized spacial score (nSPS) is 9.83. The molecule has 1 rings (SSSR count). The van der Waals surface area contributed by atoms with E-state index in [1.807, 2.05) is 25.1 Å². The van der Waals surface area contributed by atoms with E-state index in [1.165, 1.54) is 0 Å². The van der Waals surface area contributed by atoms with Gasteiger partial charge < -0.3 is 5.11 Å².